The van der Waals surface area contributed by atoms with Gasteiger partial charge in [-0.2, -0.15) is 5.10 Å². The summed E-state index contributed by atoms with van der Waals surface area (Å²) in [6.07, 6.45) is 6.32. The molecule has 0 aliphatic heterocycles. The fourth-order valence-corrected chi connectivity index (χ4v) is 2.08. The molecule has 1 N–H and O–H groups in total. The number of aryl methyl sites for hydroxylation is 2. The summed E-state index contributed by atoms with van der Waals surface area (Å²) in [5, 5.41) is 7.87. The Hall–Kier alpha value is -1.61. The molecule has 2 aromatic rings. The highest BCUT2D eigenvalue weighted by molar-refractivity contribution is 5.35. The molecular weight excluding hydrogens is 234 g/mol. The van der Waals surface area contributed by atoms with Gasteiger partial charge in [0.2, 0.25) is 0 Å². The fraction of sp³-hybridized carbons (Fsp3) is 0.438. The quantitative estimate of drug-likeness (QED) is 0.806. The Bertz CT molecular complexity index is 514. The summed E-state index contributed by atoms with van der Waals surface area (Å²) in [5.41, 5.74) is 3.69. The third-order valence-corrected chi connectivity index (χ3v) is 3.10. The minimum atomic E-state index is 0.565. The Kier molecular flexibility index (Phi) is 4.74. The van der Waals surface area contributed by atoms with Gasteiger partial charge in [0.25, 0.3) is 0 Å². The van der Waals surface area contributed by atoms with Crippen molar-refractivity contribution in [1.29, 1.82) is 0 Å². The van der Waals surface area contributed by atoms with Gasteiger partial charge in [0, 0.05) is 12.2 Å². The predicted octanol–water partition coefficient (Wildman–Crippen LogP) is 3.11. The fourth-order valence-electron chi connectivity index (χ4n) is 2.08. The molecule has 0 atom stereocenters. The maximum atomic E-state index is 4.44. The Labute approximate surface area is 115 Å². The van der Waals surface area contributed by atoms with E-state index in [-0.39, 0.29) is 0 Å². The van der Waals surface area contributed by atoms with E-state index in [1.165, 1.54) is 11.1 Å². The molecule has 1 heterocycles. The maximum absolute atomic E-state index is 4.44. The predicted molar refractivity (Wildman–Crippen MR) is 79.8 cm³/mol. The first-order chi connectivity index (χ1) is 9.15. The summed E-state index contributed by atoms with van der Waals surface area (Å²) in [6.45, 7) is 7.52. The van der Waals surface area contributed by atoms with Crippen LogP contribution in [0.25, 0.3) is 5.69 Å². The zero-order chi connectivity index (χ0) is 13.7. The third kappa shape index (κ3) is 4.21. The molecule has 2 rings (SSSR count). The first-order valence-electron chi connectivity index (χ1n) is 6.99. The molecule has 0 amide bonds. The molecule has 19 heavy (non-hydrogen) atoms. The molecule has 3 heteroatoms. The van der Waals surface area contributed by atoms with Crippen LogP contribution in [-0.2, 0) is 6.42 Å². The number of benzene rings is 1. The molecular formula is C16H23N3. The van der Waals surface area contributed by atoms with E-state index in [0.717, 1.165) is 25.1 Å². The molecule has 0 saturated heterocycles. The van der Waals surface area contributed by atoms with Gasteiger partial charge in [-0.05, 0) is 49.6 Å². The third-order valence-electron chi connectivity index (χ3n) is 3.10. The molecule has 0 aliphatic carbocycles. The number of nitrogens with one attached hydrogen (secondary N) is 1. The second kappa shape index (κ2) is 6.53. The Morgan fingerprint density at radius 2 is 2.16 bits per heavy atom. The lowest BCUT2D eigenvalue weighted by Gasteiger charge is -2.06. The first-order valence-corrected chi connectivity index (χ1v) is 6.99. The van der Waals surface area contributed by atoms with Gasteiger partial charge in [0.05, 0.1) is 11.9 Å². The van der Waals surface area contributed by atoms with Crippen LogP contribution in [0.4, 0.5) is 0 Å². The molecule has 0 spiro atoms. The van der Waals surface area contributed by atoms with Crippen LogP contribution in [0.5, 0.6) is 0 Å². The molecule has 0 saturated carbocycles. The van der Waals surface area contributed by atoms with E-state index in [0.29, 0.717) is 6.04 Å². The zero-order valence-electron chi connectivity index (χ0n) is 12.1. The van der Waals surface area contributed by atoms with E-state index in [2.05, 4.69) is 61.6 Å². The van der Waals surface area contributed by atoms with Crippen LogP contribution < -0.4 is 5.32 Å². The Balaban J connectivity index is 1.92. The Morgan fingerprint density at radius 3 is 2.89 bits per heavy atom. The van der Waals surface area contributed by atoms with Crippen LogP contribution in [0.1, 0.15) is 31.4 Å². The SMILES string of the molecule is Cc1cccc(-n2cc(CCCNC(C)C)cn2)c1. The van der Waals surface area contributed by atoms with Crippen LogP contribution >= 0.6 is 0 Å². The van der Waals surface area contributed by atoms with E-state index in [1.807, 2.05) is 10.9 Å². The van der Waals surface area contributed by atoms with Crippen molar-refractivity contribution in [3.8, 4) is 5.69 Å². The average Bonchev–Trinajstić information content (AvgIpc) is 2.83. The highest BCUT2D eigenvalue weighted by Crippen LogP contribution is 2.11. The van der Waals surface area contributed by atoms with E-state index >= 15 is 0 Å². The van der Waals surface area contributed by atoms with E-state index in [9.17, 15) is 0 Å². The van der Waals surface area contributed by atoms with Gasteiger partial charge in [-0.15, -0.1) is 0 Å². The summed E-state index contributed by atoms with van der Waals surface area (Å²) in [7, 11) is 0. The lowest BCUT2D eigenvalue weighted by Crippen LogP contribution is -2.23. The van der Waals surface area contributed by atoms with Crippen molar-refractivity contribution in [2.75, 3.05) is 6.54 Å². The topological polar surface area (TPSA) is 29.9 Å². The molecule has 0 unspecified atom stereocenters. The van der Waals surface area contributed by atoms with Gasteiger partial charge < -0.3 is 5.32 Å². The van der Waals surface area contributed by atoms with Crippen LogP contribution in [0.2, 0.25) is 0 Å². The van der Waals surface area contributed by atoms with Crippen LogP contribution in [0.15, 0.2) is 36.7 Å². The molecule has 0 bridgehead atoms. The molecule has 1 aromatic heterocycles. The van der Waals surface area contributed by atoms with Gasteiger partial charge in [0.15, 0.2) is 0 Å². The summed E-state index contributed by atoms with van der Waals surface area (Å²) in [5.74, 6) is 0. The van der Waals surface area contributed by atoms with E-state index in [4.69, 9.17) is 0 Å². The number of hydrogen-bond donors (Lipinski definition) is 1. The number of nitrogens with zero attached hydrogens (tertiary/aromatic N) is 2. The number of aromatic nitrogens is 2. The molecule has 3 nitrogen and oxygen atoms in total. The maximum Gasteiger partial charge on any atom is 0.0648 e. The van der Waals surface area contributed by atoms with Gasteiger partial charge >= 0.3 is 0 Å². The second-order valence-corrected chi connectivity index (χ2v) is 5.34. The Morgan fingerprint density at radius 1 is 1.32 bits per heavy atom. The first kappa shape index (κ1) is 13.8. The van der Waals surface area contributed by atoms with Gasteiger partial charge in [-0.25, -0.2) is 4.68 Å². The molecule has 0 fully saturated rings. The average molecular weight is 257 g/mol. The van der Waals surface area contributed by atoms with Crippen molar-refractivity contribution in [3.05, 3.63) is 47.8 Å². The van der Waals surface area contributed by atoms with Crippen LogP contribution in [0, 0.1) is 6.92 Å². The monoisotopic (exact) mass is 257 g/mol. The van der Waals surface area contributed by atoms with Crippen molar-refractivity contribution in [2.24, 2.45) is 0 Å². The lowest BCUT2D eigenvalue weighted by atomic mass is 10.2. The minimum absolute atomic E-state index is 0.565. The van der Waals surface area contributed by atoms with Crippen LogP contribution in [-0.4, -0.2) is 22.4 Å². The normalized spacial score (nSPS) is 11.2. The molecule has 1 aromatic carbocycles. The molecule has 102 valence electrons. The van der Waals surface area contributed by atoms with Crippen molar-refractivity contribution in [2.45, 2.75) is 39.7 Å². The minimum Gasteiger partial charge on any atom is -0.315 e. The van der Waals surface area contributed by atoms with Gasteiger partial charge in [-0.3, -0.25) is 0 Å². The highest BCUT2D eigenvalue weighted by Gasteiger charge is 2.01. The summed E-state index contributed by atoms with van der Waals surface area (Å²) in [6, 6.07) is 8.97. The molecule has 0 radical (unpaired) electrons. The number of rotatable bonds is 6. The lowest BCUT2D eigenvalue weighted by molar-refractivity contribution is 0.570. The summed E-state index contributed by atoms with van der Waals surface area (Å²) >= 11 is 0. The smallest absolute Gasteiger partial charge is 0.0648 e. The highest BCUT2D eigenvalue weighted by atomic mass is 15.3. The standard InChI is InChI=1S/C16H23N3/c1-13(2)17-9-5-7-15-11-18-19(12-15)16-8-4-6-14(3)10-16/h4,6,8,10-13,17H,5,7,9H2,1-3H3. The van der Waals surface area contributed by atoms with Crippen molar-refractivity contribution < 1.29 is 0 Å². The van der Waals surface area contributed by atoms with E-state index in [1.54, 1.807) is 0 Å². The summed E-state index contributed by atoms with van der Waals surface area (Å²) in [4.78, 5) is 0. The van der Waals surface area contributed by atoms with Gasteiger partial charge in [-0.1, -0.05) is 26.0 Å². The molecule has 0 aliphatic rings. The van der Waals surface area contributed by atoms with E-state index < -0.39 is 0 Å². The van der Waals surface area contributed by atoms with Crippen LogP contribution in [0.3, 0.4) is 0 Å². The van der Waals surface area contributed by atoms with Crippen molar-refractivity contribution >= 4 is 0 Å². The van der Waals surface area contributed by atoms with Crippen molar-refractivity contribution in [3.63, 3.8) is 0 Å². The summed E-state index contributed by atoms with van der Waals surface area (Å²) < 4.78 is 1.96. The largest absolute Gasteiger partial charge is 0.315 e. The number of hydrogen-bond acceptors (Lipinski definition) is 2. The van der Waals surface area contributed by atoms with Crippen molar-refractivity contribution in [1.82, 2.24) is 15.1 Å². The van der Waals surface area contributed by atoms with Gasteiger partial charge in [0.1, 0.15) is 0 Å². The second-order valence-electron chi connectivity index (χ2n) is 5.34. The zero-order valence-corrected chi connectivity index (χ0v) is 12.1.